The second-order valence-corrected chi connectivity index (χ2v) is 7.11. The minimum absolute atomic E-state index is 0.368. The molecular weight excluding hydrogens is 396 g/mol. The number of fused-ring (bicyclic) bond motifs is 5. The van der Waals surface area contributed by atoms with Crippen LogP contribution in [0.25, 0.3) is 33.4 Å². The number of aromatic nitrogens is 4. The summed E-state index contributed by atoms with van der Waals surface area (Å²) in [7, 11) is 1.34. The molecule has 0 unspecified atom stereocenters. The van der Waals surface area contributed by atoms with Gasteiger partial charge >= 0.3 is 11.9 Å². The molecule has 0 spiro atoms. The molecule has 0 amide bonds. The van der Waals surface area contributed by atoms with Crippen molar-refractivity contribution in [3.8, 4) is 11.4 Å². The van der Waals surface area contributed by atoms with Crippen molar-refractivity contribution in [2.75, 3.05) is 7.11 Å². The summed E-state index contributed by atoms with van der Waals surface area (Å²) in [6.45, 7) is 3.26. The number of methoxy groups -OCH3 is 1. The molecule has 5 rings (SSSR count). The molecule has 31 heavy (non-hydrogen) atoms. The van der Waals surface area contributed by atoms with Crippen LogP contribution in [-0.4, -0.2) is 38.0 Å². The lowest BCUT2D eigenvalue weighted by Crippen LogP contribution is -2.03. The quantitative estimate of drug-likeness (QED) is 0.417. The lowest BCUT2D eigenvalue weighted by atomic mass is 10.2. The van der Waals surface area contributed by atoms with Gasteiger partial charge in [-0.05, 0) is 43.3 Å². The first-order valence-electron chi connectivity index (χ1n) is 9.64. The van der Waals surface area contributed by atoms with Crippen LogP contribution in [0.3, 0.4) is 0 Å². The molecule has 0 saturated carbocycles. The topological polar surface area (TPSA) is 87.7 Å². The van der Waals surface area contributed by atoms with Crippen molar-refractivity contribution in [3.05, 3.63) is 66.1 Å². The molecule has 8 heteroatoms. The molecule has 0 aliphatic rings. The van der Waals surface area contributed by atoms with Gasteiger partial charge in [0.25, 0.3) is 0 Å². The zero-order valence-corrected chi connectivity index (χ0v) is 17.1. The Hall–Kier alpha value is -4.20. The molecule has 2 aromatic carbocycles. The van der Waals surface area contributed by atoms with E-state index < -0.39 is 11.9 Å². The molecule has 0 bridgehead atoms. The number of carbonyl (C=O) groups excluding carboxylic acids is 2. The number of aryl methyl sites for hydroxylation is 1. The average Bonchev–Trinajstić information content (AvgIpc) is 3.31. The Kier molecular flexibility index (Phi) is 4.21. The lowest BCUT2D eigenvalue weighted by molar-refractivity contribution is -0.131. The number of para-hydroxylation sites is 2. The van der Waals surface area contributed by atoms with Gasteiger partial charge in [-0.2, -0.15) is 0 Å². The Morgan fingerprint density at radius 1 is 0.968 bits per heavy atom. The van der Waals surface area contributed by atoms with Crippen molar-refractivity contribution < 1.29 is 19.1 Å². The molecule has 5 aromatic rings. The van der Waals surface area contributed by atoms with Gasteiger partial charge in [-0.25, -0.2) is 14.8 Å². The smallest absolute Gasteiger partial charge is 0.337 e. The molecule has 3 aromatic heterocycles. The maximum Gasteiger partial charge on any atom is 0.337 e. The van der Waals surface area contributed by atoms with Crippen molar-refractivity contribution in [3.63, 3.8) is 0 Å². The molecular formula is C23H18N4O4. The number of rotatable bonds is 3. The highest BCUT2D eigenvalue weighted by Gasteiger charge is 2.21. The lowest BCUT2D eigenvalue weighted by Gasteiger charge is -2.07. The summed E-state index contributed by atoms with van der Waals surface area (Å²) in [6, 6.07) is 14.7. The van der Waals surface area contributed by atoms with E-state index in [0.29, 0.717) is 28.0 Å². The van der Waals surface area contributed by atoms with Crippen LogP contribution in [-0.2, 0) is 9.53 Å². The van der Waals surface area contributed by atoms with Crippen molar-refractivity contribution in [1.29, 1.82) is 0 Å². The first-order chi connectivity index (χ1) is 15.0. The molecule has 0 aliphatic heterocycles. The zero-order valence-electron chi connectivity index (χ0n) is 17.1. The van der Waals surface area contributed by atoms with Crippen LogP contribution in [0.1, 0.15) is 23.1 Å². The van der Waals surface area contributed by atoms with Crippen molar-refractivity contribution in [1.82, 2.24) is 18.9 Å². The number of carbonyl (C=O) groups is 2. The Bertz CT molecular complexity index is 1500. The third-order valence-corrected chi connectivity index (χ3v) is 5.14. The number of esters is 2. The SMILES string of the molecule is COC(=O)c1ccc(-n2cc(OC(C)=O)c3c2nc(C)n2c4ccccc4nc32)cc1. The van der Waals surface area contributed by atoms with Crippen LogP contribution >= 0.6 is 0 Å². The van der Waals surface area contributed by atoms with Crippen LogP contribution in [0.15, 0.2) is 54.7 Å². The summed E-state index contributed by atoms with van der Waals surface area (Å²) in [4.78, 5) is 33.2. The number of ether oxygens (including phenoxy) is 2. The molecule has 8 nitrogen and oxygen atoms in total. The van der Waals surface area contributed by atoms with Gasteiger partial charge in [0.1, 0.15) is 11.2 Å². The van der Waals surface area contributed by atoms with Crippen LogP contribution in [0, 0.1) is 6.92 Å². The molecule has 0 N–H and O–H groups in total. The monoisotopic (exact) mass is 414 g/mol. The number of hydrogen-bond acceptors (Lipinski definition) is 6. The molecule has 154 valence electrons. The van der Waals surface area contributed by atoms with Crippen molar-refractivity contribution in [2.24, 2.45) is 0 Å². The van der Waals surface area contributed by atoms with E-state index in [-0.39, 0.29) is 0 Å². The Labute approximate surface area is 176 Å². The summed E-state index contributed by atoms with van der Waals surface area (Å²) in [5, 5.41) is 0.633. The van der Waals surface area contributed by atoms with Crippen molar-refractivity contribution in [2.45, 2.75) is 13.8 Å². The minimum Gasteiger partial charge on any atom is -0.465 e. The largest absolute Gasteiger partial charge is 0.465 e. The third kappa shape index (κ3) is 2.92. The summed E-state index contributed by atoms with van der Waals surface area (Å²) in [5.41, 5.74) is 4.20. The second kappa shape index (κ2) is 6.94. The predicted molar refractivity (Wildman–Crippen MR) is 115 cm³/mol. The van der Waals surface area contributed by atoms with Gasteiger partial charge in [-0.1, -0.05) is 12.1 Å². The van der Waals surface area contributed by atoms with Gasteiger partial charge in [0.05, 0.1) is 29.9 Å². The van der Waals surface area contributed by atoms with E-state index in [1.807, 2.05) is 40.2 Å². The second-order valence-electron chi connectivity index (χ2n) is 7.11. The summed E-state index contributed by atoms with van der Waals surface area (Å²) in [5.74, 6) is 0.266. The van der Waals surface area contributed by atoms with E-state index in [1.54, 1.807) is 30.5 Å². The van der Waals surface area contributed by atoms with E-state index in [4.69, 9.17) is 19.4 Å². The first kappa shape index (κ1) is 18.8. The zero-order chi connectivity index (χ0) is 21.7. The highest BCUT2D eigenvalue weighted by molar-refractivity contribution is 6.01. The number of imidazole rings is 1. The molecule has 0 aliphatic carbocycles. The van der Waals surface area contributed by atoms with Gasteiger partial charge in [0, 0.05) is 12.6 Å². The maximum atomic E-state index is 11.8. The molecule has 0 saturated heterocycles. The van der Waals surface area contributed by atoms with Gasteiger partial charge in [0.15, 0.2) is 17.0 Å². The van der Waals surface area contributed by atoms with E-state index in [0.717, 1.165) is 22.5 Å². The van der Waals surface area contributed by atoms with Crippen LogP contribution in [0.2, 0.25) is 0 Å². The number of hydrogen-bond donors (Lipinski definition) is 0. The third-order valence-electron chi connectivity index (χ3n) is 5.14. The van der Waals surface area contributed by atoms with Gasteiger partial charge < -0.3 is 9.47 Å². The summed E-state index contributed by atoms with van der Waals surface area (Å²) >= 11 is 0. The molecule has 3 heterocycles. The van der Waals surface area contributed by atoms with Gasteiger partial charge in [0.2, 0.25) is 0 Å². The Morgan fingerprint density at radius 3 is 2.42 bits per heavy atom. The summed E-state index contributed by atoms with van der Waals surface area (Å²) < 4.78 is 14.1. The van der Waals surface area contributed by atoms with Gasteiger partial charge in [-0.15, -0.1) is 0 Å². The minimum atomic E-state index is -0.435. The van der Waals surface area contributed by atoms with Crippen LogP contribution in [0.4, 0.5) is 0 Å². The molecule has 0 atom stereocenters. The Balaban J connectivity index is 1.82. The van der Waals surface area contributed by atoms with E-state index in [2.05, 4.69) is 0 Å². The molecule has 0 radical (unpaired) electrons. The fraction of sp³-hybridized carbons (Fsp3) is 0.130. The fourth-order valence-corrected chi connectivity index (χ4v) is 3.82. The number of benzene rings is 2. The van der Waals surface area contributed by atoms with Crippen molar-refractivity contribution >= 4 is 39.7 Å². The fourth-order valence-electron chi connectivity index (χ4n) is 3.82. The maximum absolute atomic E-state index is 11.8. The van der Waals surface area contributed by atoms with Crippen LogP contribution < -0.4 is 4.74 Å². The van der Waals surface area contributed by atoms with E-state index >= 15 is 0 Å². The standard InChI is InChI=1S/C23H18N4O4/c1-13-24-21-20(22-25-17-6-4-5-7-18(17)27(13)22)19(31-14(2)28)12-26(21)16-10-8-15(9-11-16)23(29)30-3/h4-12H,1-3H3. The van der Waals surface area contributed by atoms with E-state index in [1.165, 1.54) is 14.0 Å². The summed E-state index contributed by atoms with van der Waals surface area (Å²) in [6.07, 6.45) is 1.71. The predicted octanol–water partition coefficient (Wildman–Crippen LogP) is 3.85. The van der Waals surface area contributed by atoms with Gasteiger partial charge in [-0.3, -0.25) is 13.8 Å². The average molecular weight is 414 g/mol. The number of nitrogens with zero attached hydrogens (tertiary/aromatic N) is 4. The normalized spacial score (nSPS) is 11.3. The Morgan fingerprint density at radius 2 is 1.71 bits per heavy atom. The first-order valence-corrected chi connectivity index (χ1v) is 9.64. The van der Waals surface area contributed by atoms with E-state index in [9.17, 15) is 9.59 Å². The van der Waals surface area contributed by atoms with Crippen LogP contribution in [0.5, 0.6) is 5.75 Å². The highest BCUT2D eigenvalue weighted by Crippen LogP contribution is 2.35. The highest BCUT2D eigenvalue weighted by atomic mass is 16.5. The molecule has 0 fully saturated rings.